The molecule has 0 spiro atoms. The fraction of sp³-hybridized carbons (Fsp3) is 0.550. The molecule has 138 valence electrons. The highest BCUT2D eigenvalue weighted by atomic mass is 16.5. The summed E-state index contributed by atoms with van der Waals surface area (Å²) in [7, 11) is 0. The molecule has 1 saturated heterocycles. The van der Waals surface area contributed by atoms with E-state index in [1.807, 2.05) is 24.3 Å². The summed E-state index contributed by atoms with van der Waals surface area (Å²) in [6.07, 6.45) is 8.08. The first kappa shape index (κ1) is 18.4. The molecule has 0 aromatic heterocycles. The predicted octanol–water partition coefficient (Wildman–Crippen LogP) is 3.59. The number of anilines is 2. The molecule has 2 unspecified atom stereocenters. The molecule has 1 fully saturated rings. The summed E-state index contributed by atoms with van der Waals surface area (Å²) in [5, 5.41) is 11.1. The van der Waals surface area contributed by atoms with Gasteiger partial charge in [-0.25, -0.2) is 0 Å². The third-order valence-corrected chi connectivity index (χ3v) is 4.74. The van der Waals surface area contributed by atoms with Crippen LogP contribution in [0.2, 0.25) is 0 Å². The summed E-state index contributed by atoms with van der Waals surface area (Å²) < 4.78 is 5.77. The van der Waals surface area contributed by atoms with Crippen molar-refractivity contribution in [2.24, 2.45) is 10.2 Å². The monoisotopic (exact) mass is 354 g/mol. The molecule has 0 radical (unpaired) electrons. The van der Waals surface area contributed by atoms with Crippen molar-refractivity contribution < 1.29 is 9.53 Å². The molecule has 2 aliphatic rings. The highest BCUT2D eigenvalue weighted by molar-refractivity contribution is 5.90. The van der Waals surface area contributed by atoms with E-state index in [0.717, 1.165) is 30.9 Å². The number of rotatable bonds is 7. The van der Waals surface area contributed by atoms with Crippen molar-refractivity contribution in [3.05, 3.63) is 24.3 Å². The Hall–Kier alpha value is -2.39. The van der Waals surface area contributed by atoms with E-state index in [2.05, 4.69) is 40.2 Å². The lowest BCUT2D eigenvalue weighted by molar-refractivity contribution is -0.116. The summed E-state index contributed by atoms with van der Waals surface area (Å²) in [4.78, 5) is 14.5. The number of hydrogen-bond donors (Lipinski definition) is 1. The Bertz CT molecular complexity index is 692. The third-order valence-electron chi connectivity index (χ3n) is 4.74. The topological polar surface area (TPSA) is 66.3 Å². The van der Waals surface area contributed by atoms with Gasteiger partial charge in [-0.15, -0.1) is 12.3 Å². The van der Waals surface area contributed by atoms with Crippen LogP contribution in [0.1, 0.15) is 39.5 Å². The molecule has 1 aromatic rings. The van der Waals surface area contributed by atoms with Crippen LogP contribution in [-0.4, -0.2) is 36.9 Å². The maximum atomic E-state index is 12.2. The van der Waals surface area contributed by atoms with Gasteiger partial charge in [-0.1, -0.05) is 0 Å². The van der Waals surface area contributed by atoms with Crippen molar-refractivity contribution in [1.82, 2.24) is 0 Å². The van der Waals surface area contributed by atoms with Gasteiger partial charge in [-0.3, -0.25) is 4.79 Å². The first-order valence-corrected chi connectivity index (χ1v) is 9.17. The summed E-state index contributed by atoms with van der Waals surface area (Å²) in [6.45, 7) is 5.93. The van der Waals surface area contributed by atoms with E-state index in [-0.39, 0.29) is 18.1 Å². The zero-order chi connectivity index (χ0) is 18.6. The summed E-state index contributed by atoms with van der Waals surface area (Å²) >= 11 is 0. The molecule has 2 aliphatic heterocycles. The van der Waals surface area contributed by atoms with Crippen LogP contribution in [-0.2, 0) is 9.53 Å². The van der Waals surface area contributed by atoms with E-state index >= 15 is 0 Å². The molecule has 6 nitrogen and oxygen atoms in total. The number of nitrogens with zero attached hydrogens (tertiary/aromatic N) is 3. The van der Waals surface area contributed by atoms with Gasteiger partial charge in [0.05, 0.1) is 12.2 Å². The van der Waals surface area contributed by atoms with Gasteiger partial charge in [0, 0.05) is 50.1 Å². The minimum atomic E-state index is -0.405. The standard InChI is InChI=1S/C20H26N4O2/c1-4-5-11-20(22-23-20)12-10-19(25)21-17-6-8-18(9-7-17)24-13-15(2)26-16(3)14-24/h1,6-9,15-16H,5,10-14H2,2-3H3,(H,21,25). The van der Waals surface area contributed by atoms with Crippen LogP contribution in [0.25, 0.3) is 0 Å². The maximum Gasteiger partial charge on any atom is 0.224 e. The van der Waals surface area contributed by atoms with Gasteiger partial charge in [-0.2, -0.15) is 10.2 Å². The van der Waals surface area contributed by atoms with Crippen molar-refractivity contribution in [2.75, 3.05) is 23.3 Å². The summed E-state index contributed by atoms with van der Waals surface area (Å²) in [5.74, 6) is 2.57. The lowest BCUT2D eigenvalue weighted by Crippen LogP contribution is -2.45. The second-order valence-electron chi connectivity index (χ2n) is 7.14. The van der Waals surface area contributed by atoms with Crippen LogP contribution < -0.4 is 10.2 Å². The lowest BCUT2D eigenvalue weighted by Gasteiger charge is -2.36. The van der Waals surface area contributed by atoms with Crippen molar-refractivity contribution in [1.29, 1.82) is 0 Å². The molecule has 0 bridgehead atoms. The Morgan fingerprint density at radius 1 is 1.27 bits per heavy atom. The molecular formula is C20H26N4O2. The number of morpholine rings is 1. The van der Waals surface area contributed by atoms with Crippen molar-refractivity contribution >= 4 is 17.3 Å². The largest absolute Gasteiger partial charge is 0.372 e. The van der Waals surface area contributed by atoms with Crippen molar-refractivity contribution in [3.8, 4) is 12.3 Å². The smallest absolute Gasteiger partial charge is 0.224 e. The Labute approximate surface area is 155 Å². The first-order valence-electron chi connectivity index (χ1n) is 9.17. The molecule has 26 heavy (non-hydrogen) atoms. The number of nitrogens with one attached hydrogen (secondary N) is 1. The highest BCUT2D eigenvalue weighted by Crippen LogP contribution is 2.37. The summed E-state index contributed by atoms with van der Waals surface area (Å²) in [5.41, 5.74) is 1.54. The van der Waals surface area contributed by atoms with Crippen LogP contribution in [0.15, 0.2) is 34.5 Å². The highest BCUT2D eigenvalue weighted by Gasteiger charge is 2.39. The summed E-state index contributed by atoms with van der Waals surface area (Å²) in [6, 6.07) is 7.97. The third kappa shape index (κ3) is 4.83. The molecular weight excluding hydrogens is 328 g/mol. The average Bonchev–Trinajstić information content (AvgIpc) is 3.38. The van der Waals surface area contributed by atoms with Gasteiger partial charge < -0.3 is 15.0 Å². The van der Waals surface area contributed by atoms with Gasteiger partial charge in [0.15, 0.2) is 5.66 Å². The number of benzene rings is 1. The number of amides is 1. The lowest BCUT2D eigenvalue weighted by atomic mass is 10.0. The number of hydrogen-bond acceptors (Lipinski definition) is 5. The number of ether oxygens (including phenoxy) is 1. The first-order chi connectivity index (χ1) is 12.5. The van der Waals surface area contributed by atoms with Crippen molar-refractivity contribution in [2.45, 2.75) is 57.4 Å². The van der Waals surface area contributed by atoms with Crippen LogP contribution in [0.4, 0.5) is 11.4 Å². The van der Waals surface area contributed by atoms with Crippen molar-refractivity contribution in [3.63, 3.8) is 0 Å². The van der Waals surface area contributed by atoms with Crippen LogP contribution in [0, 0.1) is 12.3 Å². The van der Waals surface area contributed by atoms with E-state index in [4.69, 9.17) is 11.2 Å². The molecule has 6 heteroatoms. The van der Waals surface area contributed by atoms with Gasteiger partial charge >= 0.3 is 0 Å². The van der Waals surface area contributed by atoms with E-state index < -0.39 is 5.66 Å². The molecule has 3 rings (SSSR count). The Balaban J connectivity index is 1.48. The van der Waals surface area contributed by atoms with Gasteiger partial charge in [0.2, 0.25) is 5.91 Å². The zero-order valence-electron chi connectivity index (χ0n) is 15.4. The quantitative estimate of drug-likeness (QED) is 0.761. The molecule has 2 heterocycles. The van der Waals surface area contributed by atoms with Gasteiger partial charge in [0.1, 0.15) is 0 Å². The predicted molar refractivity (Wildman–Crippen MR) is 102 cm³/mol. The second kappa shape index (κ2) is 7.88. The zero-order valence-corrected chi connectivity index (χ0v) is 15.4. The minimum Gasteiger partial charge on any atom is -0.372 e. The van der Waals surface area contributed by atoms with E-state index in [9.17, 15) is 4.79 Å². The van der Waals surface area contributed by atoms with E-state index in [1.54, 1.807) is 0 Å². The normalized spacial score (nSPS) is 23.3. The second-order valence-corrected chi connectivity index (χ2v) is 7.14. The molecule has 1 aromatic carbocycles. The number of carbonyl (C=O) groups is 1. The van der Waals surface area contributed by atoms with E-state index in [1.165, 1.54) is 0 Å². The molecule has 1 N–H and O–H groups in total. The molecule has 2 atom stereocenters. The minimum absolute atomic E-state index is 0.0243. The number of carbonyl (C=O) groups excluding carboxylic acids is 1. The van der Waals surface area contributed by atoms with Crippen LogP contribution >= 0.6 is 0 Å². The van der Waals surface area contributed by atoms with E-state index in [0.29, 0.717) is 19.3 Å². The van der Waals surface area contributed by atoms with Gasteiger partial charge in [0.25, 0.3) is 0 Å². The fourth-order valence-electron chi connectivity index (χ4n) is 3.35. The maximum absolute atomic E-state index is 12.2. The molecule has 1 amide bonds. The Morgan fingerprint density at radius 3 is 2.50 bits per heavy atom. The van der Waals surface area contributed by atoms with Crippen LogP contribution in [0.3, 0.4) is 0 Å². The Kier molecular flexibility index (Phi) is 5.58. The average molecular weight is 354 g/mol. The fourth-order valence-corrected chi connectivity index (χ4v) is 3.35. The molecule has 0 saturated carbocycles. The molecule has 0 aliphatic carbocycles. The van der Waals surface area contributed by atoms with Gasteiger partial charge in [-0.05, 0) is 38.1 Å². The Morgan fingerprint density at radius 2 is 1.92 bits per heavy atom. The SMILES string of the molecule is C#CCCC1(CCC(=O)Nc2ccc(N3CC(C)OC(C)C3)cc2)N=N1. The van der Waals surface area contributed by atoms with Crippen LogP contribution in [0.5, 0.6) is 0 Å². The number of terminal acetylenes is 1.